The molecule has 0 saturated carbocycles. The quantitative estimate of drug-likeness (QED) is 0.194. The average Bonchev–Trinajstić information content (AvgIpc) is 3.58. The van der Waals surface area contributed by atoms with Crippen LogP contribution >= 0.6 is 35.4 Å². The molecular formula is C31H24Cl2N4O2S. The maximum atomic E-state index is 6.64. The van der Waals surface area contributed by atoms with Gasteiger partial charge in [0.25, 0.3) is 0 Å². The number of halogens is 2. The molecule has 1 aliphatic heterocycles. The number of aromatic nitrogens is 2. The molecule has 5 aromatic rings. The molecule has 6 nitrogen and oxygen atoms in total. The second kappa shape index (κ2) is 11.2. The van der Waals surface area contributed by atoms with Crippen molar-refractivity contribution < 1.29 is 9.47 Å². The molecule has 40 heavy (non-hydrogen) atoms. The molecule has 9 heteroatoms. The number of hydrogen-bond donors (Lipinski definition) is 1. The van der Waals surface area contributed by atoms with Crippen LogP contribution in [0.4, 0.5) is 5.69 Å². The Labute approximate surface area is 247 Å². The normalized spacial score (nSPS) is 16.6. The molecule has 0 aliphatic carbocycles. The van der Waals surface area contributed by atoms with Gasteiger partial charge >= 0.3 is 0 Å². The van der Waals surface area contributed by atoms with E-state index in [0.717, 1.165) is 34.3 Å². The first-order chi connectivity index (χ1) is 19.5. The van der Waals surface area contributed by atoms with E-state index in [1.54, 1.807) is 19.4 Å². The van der Waals surface area contributed by atoms with E-state index in [0.29, 0.717) is 20.9 Å². The van der Waals surface area contributed by atoms with E-state index in [1.807, 2.05) is 91.1 Å². The number of anilines is 1. The minimum atomic E-state index is -0.225. The van der Waals surface area contributed by atoms with E-state index < -0.39 is 0 Å². The highest BCUT2D eigenvalue weighted by atomic mass is 35.5. The van der Waals surface area contributed by atoms with Crippen molar-refractivity contribution in [3.8, 4) is 22.9 Å². The van der Waals surface area contributed by atoms with Gasteiger partial charge in [-0.05, 0) is 103 Å². The van der Waals surface area contributed by atoms with Crippen LogP contribution in [0.25, 0.3) is 5.69 Å². The Kier molecular flexibility index (Phi) is 7.34. The zero-order valence-electron chi connectivity index (χ0n) is 21.4. The summed E-state index contributed by atoms with van der Waals surface area (Å²) in [5.74, 6) is 2.20. The summed E-state index contributed by atoms with van der Waals surface area (Å²) < 4.78 is 13.4. The summed E-state index contributed by atoms with van der Waals surface area (Å²) in [5.41, 5.74) is 3.61. The Balaban J connectivity index is 1.38. The highest BCUT2D eigenvalue weighted by Crippen LogP contribution is 2.43. The number of nitrogens with zero attached hydrogens (tertiary/aromatic N) is 3. The van der Waals surface area contributed by atoms with E-state index in [2.05, 4.69) is 25.8 Å². The summed E-state index contributed by atoms with van der Waals surface area (Å²) in [6, 6.07) is 30.4. The van der Waals surface area contributed by atoms with E-state index in [1.165, 1.54) is 0 Å². The third-order valence-corrected chi connectivity index (χ3v) is 7.61. The van der Waals surface area contributed by atoms with Crippen LogP contribution in [-0.2, 0) is 0 Å². The molecule has 3 aromatic carbocycles. The van der Waals surface area contributed by atoms with Crippen molar-refractivity contribution in [2.24, 2.45) is 0 Å². The third-order valence-electron chi connectivity index (χ3n) is 6.76. The van der Waals surface area contributed by atoms with Crippen molar-refractivity contribution in [1.29, 1.82) is 0 Å². The van der Waals surface area contributed by atoms with Gasteiger partial charge in [-0.2, -0.15) is 0 Å². The Morgan fingerprint density at radius 1 is 0.850 bits per heavy atom. The summed E-state index contributed by atoms with van der Waals surface area (Å²) in [5, 5.41) is 5.24. The summed E-state index contributed by atoms with van der Waals surface area (Å²) >= 11 is 18.7. The topological polar surface area (TPSA) is 51.6 Å². The van der Waals surface area contributed by atoms with Crippen molar-refractivity contribution >= 4 is 46.2 Å². The molecule has 0 spiro atoms. The molecule has 0 amide bonds. The highest BCUT2D eigenvalue weighted by molar-refractivity contribution is 7.80. The van der Waals surface area contributed by atoms with Crippen molar-refractivity contribution in [3.05, 3.63) is 131 Å². The van der Waals surface area contributed by atoms with Crippen LogP contribution < -0.4 is 19.7 Å². The van der Waals surface area contributed by atoms with Crippen LogP contribution in [0, 0.1) is 0 Å². The van der Waals surface area contributed by atoms with Gasteiger partial charge in [0.1, 0.15) is 23.3 Å². The van der Waals surface area contributed by atoms with Crippen molar-refractivity contribution in [1.82, 2.24) is 14.9 Å². The average molecular weight is 588 g/mol. The summed E-state index contributed by atoms with van der Waals surface area (Å²) in [4.78, 5) is 6.77. The fourth-order valence-electron chi connectivity index (χ4n) is 4.92. The Morgan fingerprint density at radius 3 is 2.25 bits per heavy atom. The van der Waals surface area contributed by atoms with Crippen LogP contribution in [0.5, 0.6) is 17.2 Å². The van der Waals surface area contributed by atoms with Crippen molar-refractivity contribution in [2.45, 2.75) is 12.1 Å². The maximum absolute atomic E-state index is 6.64. The van der Waals surface area contributed by atoms with Crippen molar-refractivity contribution in [2.75, 3.05) is 12.0 Å². The molecule has 1 fully saturated rings. The van der Waals surface area contributed by atoms with Crippen molar-refractivity contribution in [3.63, 3.8) is 0 Å². The van der Waals surface area contributed by atoms with E-state index >= 15 is 0 Å². The van der Waals surface area contributed by atoms with Gasteiger partial charge in [-0.3, -0.25) is 4.98 Å². The zero-order chi connectivity index (χ0) is 27.6. The molecule has 1 aliphatic rings. The lowest BCUT2D eigenvalue weighted by atomic mass is 10.0. The van der Waals surface area contributed by atoms with Crippen LogP contribution in [0.15, 0.2) is 109 Å². The minimum absolute atomic E-state index is 0.205. The van der Waals surface area contributed by atoms with Gasteiger partial charge in [0.05, 0.1) is 29.6 Å². The first-order valence-electron chi connectivity index (χ1n) is 12.6. The predicted octanol–water partition coefficient (Wildman–Crippen LogP) is 8.16. The Bertz CT molecular complexity index is 1640. The molecule has 2 atom stereocenters. The predicted molar refractivity (Wildman–Crippen MR) is 163 cm³/mol. The fraction of sp³-hybridized carbons (Fsp3) is 0.0968. The number of hydrogen-bond acceptors (Lipinski definition) is 4. The van der Waals surface area contributed by atoms with Gasteiger partial charge in [0.2, 0.25) is 0 Å². The van der Waals surface area contributed by atoms with Crippen LogP contribution in [0.3, 0.4) is 0 Å². The number of rotatable bonds is 7. The molecular weight excluding hydrogens is 563 g/mol. The number of methoxy groups -OCH3 is 1. The monoisotopic (exact) mass is 586 g/mol. The smallest absolute Gasteiger partial charge is 0.174 e. The zero-order valence-corrected chi connectivity index (χ0v) is 23.7. The van der Waals surface area contributed by atoms with Crippen LogP contribution in [0.2, 0.25) is 10.0 Å². The first kappa shape index (κ1) is 26.2. The van der Waals surface area contributed by atoms with E-state index in [9.17, 15) is 0 Å². The van der Waals surface area contributed by atoms with Crippen LogP contribution in [-0.4, -0.2) is 21.8 Å². The molecule has 1 N–H and O–H groups in total. The SMILES string of the molecule is COc1ccc(Oc2ccc(N3C(=S)N[C@@H](c4ccccn4)[C@H]3c3cccn3-c3ccc(Cl)cc3Cl)cc2)cc1. The van der Waals surface area contributed by atoms with E-state index in [4.69, 9.17) is 44.9 Å². The Morgan fingerprint density at radius 2 is 1.57 bits per heavy atom. The lowest BCUT2D eigenvalue weighted by molar-refractivity contribution is 0.413. The van der Waals surface area contributed by atoms with Gasteiger partial charge in [0, 0.05) is 28.8 Å². The standard InChI is InChI=1S/C31H24Cl2N4O2S/c1-38-22-12-14-24(15-13-22)39-23-10-8-21(9-11-23)37-30(29(35-31(37)40)26-5-2-3-17-34-26)28-6-4-18-36(28)27-16-7-20(32)19-25(27)33/h2-19,29-30H,1H3,(H,35,40)/t29-,30+/m0/s1. The minimum Gasteiger partial charge on any atom is -0.497 e. The largest absolute Gasteiger partial charge is 0.497 e. The summed E-state index contributed by atoms with van der Waals surface area (Å²) in [7, 11) is 1.64. The molecule has 0 unspecified atom stereocenters. The number of thiocarbonyl (C=S) groups is 1. The second-order valence-corrected chi connectivity index (χ2v) is 10.4. The molecule has 0 radical (unpaired) electrons. The molecule has 200 valence electrons. The number of pyridine rings is 1. The first-order valence-corrected chi connectivity index (χ1v) is 13.7. The second-order valence-electron chi connectivity index (χ2n) is 9.17. The lowest BCUT2D eigenvalue weighted by Gasteiger charge is -2.29. The lowest BCUT2D eigenvalue weighted by Crippen LogP contribution is -2.30. The number of ether oxygens (including phenoxy) is 2. The number of nitrogens with one attached hydrogen (secondary N) is 1. The van der Waals surface area contributed by atoms with E-state index in [-0.39, 0.29) is 12.1 Å². The molecule has 1 saturated heterocycles. The third kappa shape index (κ3) is 5.11. The fourth-order valence-corrected chi connectivity index (χ4v) is 5.76. The maximum Gasteiger partial charge on any atom is 0.174 e. The molecule has 3 heterocycles. The number of benzene rings is 3. The molecule has 0 bridgehead atoms. The van der Waals surface area contributed by atoms with Gasteiger partial charge in [0.15, 0.2) is 5.11 Å². The van der Waals surface area contributed by atoms with Gasteiger partial charge in [-0.25, -0.2) is 0 Å². The van der Waals surface area contributed by atoms with Gasteiger partial charge in [-0.1, -0.05) is 29.3 Å². The Hall–Kier alpha value is -4.04. The van der Waals surface area contributed by atoms with Gasteiger partial charge < -0.3 is 24.3 Å². The summed E-state index contributed by atoms with van der Waals surface area (Å²) in [6.07, 6.45) is 3.78. The molecule has 6 rings (SSSR count). The summed E-state index contributed by atoms with van der Waals surface area (Å²) in [6.45, 7) is 0. The highest BCUT2D eigenvalue weighted by Gasteiger charge is 2.42. The molecule has 2 aromatic heterocycles. The van der Waals surface area contributed by atoms with Crippen LogP contribution in [0.1, 0.15) is 23.5 Å². The van der Waals surface area contributed by atoms with Gasteiger partial charge in [-0.15, -0.1) is 0 Å².